The number of nitrogens with zero attached hydrogens (tertiary/aromatic N) is 2. The van der Waals surface area contributed by atoms with E-state index in [4.69, 9.17) is 16.3 Å². The number of aromatic hydroxyl groups is 1. The molecule has 132 valence electrons. The predicted molar refractivity (Wildman–Crippen MR) is 107 cm³/mol. The summed E-state index contributed by atoms with van der Waals surface area (Å²) in [6, 6.07) is 17.3. The molecule has 0 saturated carbocycles. The van der Waals surface area contributed by atoms with E-state index in [9.17, 15) is 5.11 Å². The molecule has 4 rings (SSSR count). The van der Waals surface area contributed by atoms with Gasteiger partial charge in [0, 0.05) is 24.9 Å². The molecule has 1 heterocycles. The maximum absolute atomic E-state index is 10.2. The Balaban J connectivity index is 1.63. The molecule has 1 N–H and O–H groups in total. The van der Waals surface area contributed by atoms with Crippen molar-refractivity contribution in [2.75, 3.05) is 31.2 Å². The molecule has 3 aromatic carbocycles. The second kappa shape index (κ2) is 7.36. The van der Waals surface area contributed by atoms with E-state index in [2.05, 4.69) is 9.89 Å². The number of phenolic OH excluding ortho intramolecular Hbond substituents is 1. The van der Waals surface area contributed by atoms with Crippen molar-refractivity contribution in [2.24, 2.45) is 4.99 Å². The second-order valence-electron chi connectivity index (χ2n) is 6.21. The molecule has 1 aliphatic heterocycles. The normalized spacial score (nSPS) is 15.0. The van der Waals surface area contributed by atoms with Gasteiger partial charge in [-0.15, -0.1) is 0 Å². The molecular weight excluding hydrogens is 348 g/mol. The third kappa shape index (κ3) is 3.39. The zero-order chi connectivity index (χ0) is 17.9. The van der Waals surface area contributed by atoms with Crippen LogP contribution in [-0.2, 0) is 4.74 Å². The largest absolute Gasteiger partial charge is 0.507 e. The third-order valence-corrected chi connectivity index (χ3v) is 4.88. The molecule has 0 atom stereocenters. The molecule has 0 bridgehead atoms. The van der Waals surface area contributed by atoms with E-state index in [1.165, 1.54) is 0 Å². The smallest absolute Gasteiger partial charge is 0.124 e. The van der Waals surface area contributed by atoms with Crippen LogP contribution in [-0.4, -0.2) is 37.6 Å². The molecule has 0 aliphatic carbocycles. The molecule has 0 spiro atoms. The van der Waals surface area contributed by atoms with E-state index >= 15 is 0 Å². The molecule has 0 aromatic heterocycles. The maximum Gasteiger partial charge on any atom is 0.124 e. The summed E-state index contributed by atoms with van der Waals surface area (Å²) in [4.78, 5) is 6.74. The molecule has 1 aliphatic rings. The van der Waals surface area contributed by atoms with Gasteiger partial charge in [-0.25, -0.2) is 0 Å². The first-order valence-electron chi connectivity index (χ1n) is 8.59. The minimum absolute atomic E-state index is 0.212. The quantitative estimate of drug-likeness (QED) is 0.678. The first kappa shape index (κ1) is 16.9. The van der Waals surface area contributed by atoms with Crippen molar-refractivity contribution in [1.29, 1.82) is 0 Å². The Labute approximate surface area is 157 Å². The number of morpholine rings is 1. The van der Waals surface area contributed by atoms with Crippen LogP contribution in [0.2, 0.25) is 5.02 Å². The van der Waals surface area contributed by atoms with Gasteiger partial charge < -0.3 is 14.7 Å². The number of aliphatic imine (C=N–C) groups is 1. The zero-order valence-corrected chi connectivity index (χ0v) is 15.0. The molecule has 0 unspecified atom stereocenters. The van der Waals surface area contributed by atoms with Crippen molar-refractivity contribution < 1.29 is 9.84 Å². The molecule has 1 fully saturated rings. The van der Waals surface area contributed by atoms with Crippen LogP contribution in [0.5, 0.6) is 5.75 Å². The summed E-state index contributed by atoms with van der Waals surface area (Å²) >= 11 is 6.47. The molecule has 5 heteroatoms. The van der Waals surface area contributed by atoms with Gasteiger partial charge in [-0.05, 0) is 35.0 Å². The number of ether oxygens (including phenoxy) is 1. The summed E-state index contributed by atoms with van der Waals surface area (Å²) in [5.74, 6) is 0.212. The minimum atomic E-state index is 0.212. The minimum Gasteiger partial charge on any atom is -0.507 e. The van der Waals surface area contributed by atoms with E-state index in [1.54, 1.807) is 12.3 Å². The molecule has 4 nitrogen and oxygen atoms in total. The van der Waals surface area contributed by atoms with Gasteiger partial charge in [0.05, 0.1) is 29.6 Å². The number of hydrogen-bond donors (Lipinski definition) is 1. The molecule has 1 saturated heterocycles. The van der Waals surface area contributed by atoms with Gasteiger partial charge in [0.2, 0.25) is 0 Å². The fourth-order valence-electron chi connectivity index (χ4n) is 3.20. The zero-order valence-electron chi connectivity index (χ0n) is 14.2. The van der Waals surface area contributed by atoms with Gasteiger partial charge in [0.1, 0.15) is 5.75 Å². The van der Waals surface area contributed by atoms with Crippen molar-refractivity contribution in [3.8, 4) is 5.75 Å². The van der Waals surface area contributed by atoms with Crippen molar-refractivity contribution in [3.63, 3.8) is 0 Å². The van der Waals surface area contributed by atoms with Crippen molar-refractivity contribution in [3.05, 3.63) is 65.2 Å². The van der Waals surface area contributed by atoms with E-state index in [1.807, 2.05) is 48.5 Å². The molecule has 0 amide bonds. The fourth-order valence-corrected chi connectivity index (χ4v) is 3.49. The Morgan fingerprint density at radius 3 is 2.65 bits per heavy atom. The second-order valence-corrected chi connectivity index (χ2v) is 6.62. The van der Waals surface area contributed by atoms with Crippen LogP contribution < -0.4 is 4.90 Å². The average molecular weight is 367 g/mol. The Morgan fingerprint density at radius 2 is 1.85 bits per heavy atom. The van der Waals surface area contributed by atoms with Gasteiger partial charge in [-0.1, -0.05) is 41.9 Å². The summed E-state index contributed by atoms with van der Waals surface area (Å²) in [5.41, 5.74) is 2.46. The highest BCUT2D eigenvalue weighted by atomic mass is 35.5. The summed E-state index contributed by atoms with van der Waals surface area (Å²) in [6.07, 6.45) is 1.69. The van der Waals surface area contributed by atoms with E-state index in [-0.39, 0.29) is 5.75 Å². The topological polar surface area (TPSA) is 45.1 Å². The third-order valence-electron chi connectivity index (χ3n) is 4.57. The number of phenols is 1. The summed E-state index contributed by atoms with van der Waals surface area (Å²) < 4.78 is 5.39. The van der Waals surface area contributed by atoms with E-state index in [0.717, 1.165) is 48.5 Å². The highest BCUT2D eigenvalue weighted by molar-refractivity contribution is 6.33. The first-order chi connectivity index (χ1) is 12.7. The lowest BCUT2D eigenvalue weighted by Gasteiger charge is -2.29. The highest BCUT2D eigenvalue weighted by Crippen LogP contribution is 2.31. The Morgan fingerprint density at radius 1 is 1.04 bits per heavy atom. The van der Waals surface area contributed by atoms with Crippen LogP contribution in [0.3, 0.4) is 0 Å². The van der Waals surface area contributed by atoms with Crippen molar-refractivity contribution >= 4 is 40.0 Å². The van der Waals surface area contributed by atoms with Gasteiger partial charge in [-0.3, -0.25) is 4.99 Å². The Bertz CT molecular complexity index is 965. The summed E-state index contributed by atoms with van der Waals surface area (Å²) in [7, 11) is 0. The molecule has 3 aromatic rings. The maximum atomic E-state index is 10.2. The molecule has 0 radical (unpaired) electrons. The van der Waals surface area contributed by atoms with Crippen LogP contribution in [0.4, 0.5) is 11.4 Å². The van der Waals surface area contributed by atoms with Crippen molar-refractivity contribution in [2.45, 2.75) is 0 Å². The summed E-state index contributed by atoms with van der Waals surface area (Å²) in [5, 5.41) is 12.9. The molecular formula is C21H19ClN2O2. The number of halogens is 1. The van der Waals surface area contributed by atoms with Crippen LogP contribution in [0.1, 0.15) is 5.56 Å². The highest BCUT2D eigenvalue weighted by Gasteiger charge is 2.14. The number of anilines is 1. The average Bonchev–Trinajstić information content (AvgIpc) is 2.68. The van der Waals surface area contributed by atoms with Gasteiger partial charge in [0.25, 0.3) is 0 Å². The standard InChI is InChI=1S/C21H19ClN2O2/c22-19-13-16(6-7-20(19)24-9-11-26-12-10-24)23-14-18-17-4-2-1-3-15(17)5-8-21(18)25/h1-8,13-14,25H,9-12H2. The van der Waals surface area contributed by atoms with Crippen LogP contribution >= 0.6 is 11.6 Å². The van der Waals surface area contributed by atoms with E-state index in [0.29, 0.717) is 10.6 Å². The SMILES string of the molecule is Oc1ccc2ccccc2c1C=Nc1ccc(N2CCOCC2)c(Cl)c1. The Hall–Kier alpha value is -2.56. The van der Waals surface area contributed by atoms with Gasteiger partial charge >= 0.3 is 0 Å². The Kier molecular flexibility index (Phi) is 4.78. The van der Waals surface area contributed by atoms with Crippen LogP contribution in [0.15, 0.2) is 59.6 Å². The lowest BCUT2D eigenvalue weighted by Crippen LogP contribution is -2.36. The van der Waals surface area contributed by atoms with Crippen molar-refractivity contribution in [1.82, 2.24) is 0 Å². The fraction of sp³-hybridized carbons (Fsp3) is 0.190. The predicted octanol–water partition coefficient (Wildman–Crippen LogP) is 4.79. The number of hydrogen-bond acceptors (Lipinski definition) is 4. The molecule has 26 heavy (non-hydrogen) atoms. The summed E-state index contributed by atoms with van der Waals surface area (Å²) in [6.45, 7) is 3.12. The van der Waals surface area contributed by atoms with Crippen LogP contribution in [0.25, 0.3) is 10.8 Å². The van der Waals surface area contributed by atoms with Gasteiger partial charge in [-0.2, -0.15) is 0 Å². The number of rotatable bonds is 3. The van der Waals surface area contributed by atoms with Gasteiger partial charge in [0.15, 0.2) is 0 Å². The van der Waals surface area contributed by atoms with E-state index < -0.39 is 0 Å². The monoisotopic (exact) mass is 366 g/mol. The lowest BCUT2D eigenvalue weighted by molar-refractivity contribution is 0.122. The van der Waals surface area contributed by atoms with Crippen LogP contribution in [0, 0.1) is 0 Å². The first-order valence-corrected chi connectivity index (χ1v) is 8.97. The lowest BCUT2D eigenvalue weighted by atomic mass is 10.0. The number of benzene rings is 3. The number of fused-ring (bicyclic) bond motifs is 1.